The van der Waals surface area contributed by atoms with Gasteiger partial charge < -0.3 is 20.7 Å². The number of rotatable bonds is 6. The van der Waals surface area contributed by atoms with Gasteiger partial charge in [-0.3, -0.25) is 4.98 Å². The third-order valence-corrected chi connectivity index (χ3v) is 5.58. The molecule has 2 N–H and O–H groups in total. The summed E-state index contributed by atoms with van der Waals surface area (Å²) in [5.41, 5.74) is 9.23. The molecular formula is C22H27N6O-. The topological polar surface area (TPSA) is 86.3 Å². The SMILES string of the molecule is CN(Cc1cccnc1)N([O-])c1ccc(N)c(-n2ccnc2C2CCCCC2)c1. The Kier molecular flexibility index (Phi) is 5.78. The van der Waals surface area contributed by atoms with Gasteiger partial charge in [-0.2, -0.15) is 0 Å². The lowest BCUT2D eigenvalue weighted by Gasteiger charge is -2.39. The van der Waals surface area contributed by atoms with Crippen LogP contribution in [0.1, 0.15) is 49.4 Å². The van der Waals surface area contributed by atoms with E-state index in [1.54, 1.807) is 36.6 Å². The summed E-state index contributed by atoms with van der Waals surface area (Å²) in [4.78, 5) is 8.73. The Bertz CT molecular complexity index is 935. The molecule has 1 aliphatic carbocycles. The van der Waals surface area contributed by atoms with Gasteiger partial charge in [-0.1, -0.05) is 25.3 Å². The van der Waals surface area contributed by atoms with Crippen LogP contribution in [0.25, 0.3) is 5.69 Å². The summed E-state index contributed by atoms with van der Waals surface area (Å²) in [7, 11) is 1.76. The number of nitrogens with zero attached hydrogens (tertiary/aromatic N) is 5. The molecule has 4 rings (SSSR count). The van der Waals surface area contributed by atoms with E-state index in [4.69, 9.17) is 5.73 Å². The average Bonchev–Trinajstić information content (AvgIpc) is 3.24. The van der Waals surface area contributed by atoms with E-state index in [2.05, 4.69) is 9.97 Å². The number of aromatic nitrogens is 3. The highest BCUT2D eigenvalue weighted by molar-refractivity contribution is 5.66. The molecule has 1 saturated carbocycles. The van der Waals surface area contributed by atoms with Crippen molar-refractivity contribution in [2.45, 2.75) is 44.6 Å². The van der Waals surface area contributed by atoms with Gasteiger partial charge in [0.05, 0.1) is 11.4 Å². The number of hydrogen-bond donors (Lipinski definition) is 1. The second-order valence-electron chi connectivity index (χ2n) is 7.68. The Balaban J connectivity index is 1.59. The van der Waals surface area contributed by atoms with Crippen molar-refractivity contribution in [2.24, 2.45) is 0 Å². The van der Waals surface area contributed by atoms with E-state index in [-0.39, 0.29) is 0 Å². The molecule has 0 unspecified atom stereocenters. The Hall–Kier alpha value is -2.90. The predicted molar refractivity (Wildman–Crippen MR) is 115 cm³/mol. The maximum absolute atomic E-state index is 12.9. The van der Waals surface area contributed by atoms with Crippen molar-refractivity contribution in [1.82, 2.24) is 19.5 Å². The molecule has 1 aromatic carbocycles. The van der Waals surface area contributed by atoms with E-state index in [9.17, 15) is 5.21 Å². The molecule has 7 heteroatoms. The molecule has 3 aromatic rings. The van der Waals surface area contributed by atoms with Crippen LogP contribution < -0.4 is 10.9 Å². The molecule has 2 heterocycles. The van der Waals surface area contributed by atoms with Crippen LogP contribution in [0.15, 0.2) is 55.1 Å². The standard InChI is InChI=1S/C22H27N6O/c1-26(16-17-6-5-11-24-15-17)28(29)19-9-10-20(23)21(14-19)27-13-12-25-22(27)18-7-3-2-4-8-18/h5-6,9-15,18H,2-4,7-8,16,23H2,1H3/q-1. The van der Waals surface area contributed by atoms with Crippen LogP contribution in [-0.2, 0) is 6.54 Å². The highest BCUT2D eigenvalue weighted by atomic mass is 16.5. The maximum atomic E-state index is 12.9. The van der Waals surface area contributed by atoms with Gasteiger partial charge in [-0.05, 0) is 42.7 Å². The summed E-state index contributed by atoms with van der Waals surface area (Å²) in [5.74, 6) is 1.48. The van der Waals surface area contributed by atoms with E-state index < -0.39 is 0 Å². The number of hydrogen-bond acceptors (Lipinski definition) is 6. The van der Waals surface area contributed by atoms with Crippen LogP contribution in [0.3, 0.4) is 0 Å². The fourth-order valence-corrected chi connectivity index (χ4v) is 4.06. The normalized spacial score (nSPS) is 15.0. The smallest absolute Gasteiger partial charge is 0.116 e. The van der Waals surface area contributed by atoms with Crippen molar-refractivity contribution >= 4 is 11.4 Å². The second-order valence-corrected chi connectivity index (χ2v) is 7.68. The van der Waals surface area contributed by atoms with Gasteiger partial charge in [-0.25, -0.2) is 9.99 Å². The maximum Gasteiger partial charge on any atom is 0.116 e. The Morgan fingerprint density at radius 1 is 1.17 bits per heavy atom. The zero-order chi connectivity index (χ0) is 20.2. The van der Waals surface area contributed by atoms with Crippen molar-refractivity contribution in [3.05, 3.63) is 71.7 Å². The molecule has 0 aliphatic heterocycles. The Morgan fingerprint density at radius 2 is 2.00 bits per heavy atom. The molecule has 2 aromatic heterocycles. The molecule has 0 radical (unpaired) electrons. The third-order valence-electron chi connectivity index (χ3n) is 5.58. The molecule has 0 saturated heterocycles. The molecule has 7 nitrogen and oxygen atoms in total. The summed E-state index contributed by atoms with van der Waals surface area (Å²) >= 11 is 0. The predicted octanol–water partition coefficient (Wildman–Crippen LogP) is 4.25. The van der Waals surface area contributed by atoms with Crippen molar-refractivity contribution < 1.29 is 0 Å². The highest BCUT2D eigenvalue weighted by Crippen LogP contribution is 2.34. The molecule has 0 bridgehead atoms. The first-order valence-corrected chi connectivity index (χ1v) is 10.1. The number of benzene rings is 1. The van der Waals surface area contributed by atoms with Crippen LogP contribution in [0, 0.1) is 5.21 Å². The Labute approximate surface area is 171 Å². The van der Waals surface area contributed by atoms with E-state index in [1.165, 1.54) is 19.3 Å². The fraction of sp³-hybridized carbons (Fsp3) is 0.364. The Morgan fingerprint density at radius 3 is 2.76 bits per heavy atom. The minimum atomic E-state index is 0.443. The van der Waals surface area contributed by atoms with Gasteiger partial charge in [0, 0.05) is 50.0 Å². The largest absolute Gasteiger partial charge is 0.743 e. The number of imidazole rings is 1. The summed E-state index contributed by atoms with van der Waals surface area (Å²) in [6, 6.07) is 9.20. The second kappa shape index (κ2) is 8.63. The zero-order valence-electron chi connectivity index (χ0n) is 16.7. The monoisotopic (exact) mass is 391 g/mol. The zero-order valence-corrected chi connectivity index (χ0v) is 16.7. The van der Waals surface area contributed by atoms with Crippen molar-refractivity contribution in [2.75, 3.05) is 18.0 Å². The van der Waals surface area contributed by atoms with Crippen LogP contribution in [-0.4, -0.2) is 26.6 Å². The number of nitrogen functional groups attached to an aromatic ring is 1. The molecule has 152 valence electrons. The molecule has 29 heavy (non-hydrogen) atoms. The van der Waals surface area contributed by atoms with Crippen molar-refractivity contribution in [3.63, 3.8) is 0 Å². The van der Waals surface area contributed by atoms with Gasteiger partial charge in [0.2, 0.25) is 0 Å². The van der Waals surface area contributed by atoms with Gasteiger partial charge in [0.25, 0.3) is 0 Å². The van der Waals surface area contributed by atoms with Crippen molar-refractivity contribution in [3.8, 4) is 5.69 Å². The summed E-state index contributed by atoms with van der Waals surface area (Å²) < 4.78 is 2.05. The summed E-state index contributed by atoms with van der Waals surface area (Å²) in [6.07, 6.45) is 13.3. The minimum absolute atomic E-state index is 0.443. The van der Waals surface area contributed by atoms with Gasteiger partial charge in [0.15, 0.2) is 0 Å². The van der Waals surface area contributed by atoms with E-state index in [1.807, 2.05) is 35.2 Å². The molecule has 0 atom stereocenters. The first-order valence-electron chi connectivity index (χ1n) is 10.1. The number of hydrazine groups is 1. The number of nitrogens with two attached hydrogens (primary N) is 1. The van der Waals surface area contributed by atoms with E-state index in [0.29, 0.717) is 23.8 Å². The molecule has 1 fully saturated rings. The fourth-order valence-electron chi connectivity index (χ4n) is 4.06. The lowest BCUT2D eigenvalue weighted by Crippen LogP contribution is -2.34. The summed E-state index contributed by atoms with van der Waals surface area (Å²) in [6.45, 7) is 0.468. The van der Waals surface area contributed by atoms with E-state index in [0.717, 1.165) is 35.1 Å². The molecule has 0 spiro atoms. The van der Waals surface area contributed by atoms with Crippen LogP contribution >= 0.6 is 0 Å². The first kappa shape index (κ1) is 19.4. The van der Waals surface area contributed by atoms with E-state index >= 15 is 0 Å². The molecule has 0 amide bonds. The molecular weight excluding hydrogens is 364 g/mol. The van der Waals surface area contributed by atoms with Gasteiger partial charge in [-0.15, -0.1) is 0 Å². The lowest BCUT2D eigenvalue weighted by molar-refractivity contribution is 0.329. The van der Waals surface area contributed by atoms with Crippen LogP contribution in [0.5, 0.6) is 0 Å². The van der Waals surface area contributed by atoms with Gasteiger partial charge >= 0.3 is 0 Å². The average molecular weight is 391 g/mol. The van der Waals surface area contributed by atoms with Crippen LogP contribution in [0.4, 0.5) is 11.4 Å². The molecule has 1 aliphatic rings. The number of anilines is 2. The van der Waals surface area contributed by atoms with Gasteiger partial charge in [0.1, 0.15) is 5.82 Å². The van der Waals surface area contributed by atoms with Crippen LogP contribution in [0.2, 0.25) is 0 Å². The minimum Gasteiger partial charge on any atom is -0.743 e. The summed E-state index contributed by atoms with van der Waals surface area (Å²) in [5, 5.41) is 15.4. The number of pyridine rings is 1. The highest BCUT2D eigenvalue weighted by Gasteiger charge is 2.21. The first-order chi connectivity index (χ1) is 14.1. The van der Waals surface area contributed by atoms with Crippen molar-refractivity contribution in [1.29, 1.82) is 0 Å². The lowest BCUT2D eigenvalue weighted by atomic mass is 9.88. The quantitative estimate of drug-likeness (QED) is 0.499. The third kappa shape index (κ3) is 4.26.